The molecule has 4 rings (SSSR count). The van der Waals surface area contributed by atoms with Crippen molar-refractivity contribution >= 4 is 35.0 Å². The number of rotatable bonds is 4. The van der Waals surface area contributed by atoms with E-state index in [9.17, 15) is 9.59 Å². The Morgan fingerprint density at radius 2 is 1.90 bits per heavy atom. The van der Waals surface area contributed by atoms with Crippen LogP contribution in [-0.2, 0) is 9.53 Å². The minimum atomic E-state index is -0.629. The molecule has 3 aromatic rings. The second-order valence-electron chi connectivity index (χ2n) is 6.76. The standard InChI is InChI=1S/C23H19ClN2O3S/c1-3-29-22(28)19-14(2)25-23-26(20(19)16-9-11-17(24)12-10-16)21(27)18(30-23)13-15-7-5-4-6-8-15/h4-13,20H,3H2,1-2H3/b18-13+. The fourth-order valence-corrected chi connectivity index (χ4v) is 4.63. The number of halogens is 1. The van der Waals surface area contributed by atoms with Crippen molar-refractivity contribution in [2.24, 2.45) is 4.99 Å². The molecule has 0 N–H and O–H groups in total. The number of fused-ring (bicyclic) bond motifs is 1. The maximum Gasteiger partial charge on any atom is 0.338 e. The molecule has 0 aliphatic carbocycles. The van der Waals surface area contributed by atoms with Crippen molar-refractivity contribution in [3.63, 3.8) is 0 Å². The second-order valence-corrected chi connectivity index (χ2v) is 8.21. The van der Waals surface area contributed by atoms with Crippen LogP contribution < -0.4 is 14.9 Å². The summed E-state index contributed by atoms with van der Waals surface area (Å²) in [6.07, 6.45) is 1.84. The van der Waals surface area contributed by atoms with E-state index in [0.717, 1.165) is 11.1 Å². The Bertz CT molecular complexity index is 1310. The number of ether oxygens (including phenoxy) is 1. The molecule has 0 radical (unpaired) electrons. The fraction of sp³-hybridized carbons (Fsp3) is 0.174. The first-order chi connectivity index (χ1) is 14.5. The summed E-state index contributed by atoms with van der Waals surface area (Å²) in [5, 5.41) is 0.577. The summed E-state index contributed by atoms with van der Waals surface area (Å²) in [5.74, 6) is -0.476. The van der Waals surface area contributed by atoms with Gasteiger partial charge in [-0.15, -0.1) is 0 Å². The Labute approximate surface area is 182 Å². The van der Waals surface area contributed by atoms with Crippen molar-refractivity contribution in [2.45, 2.75) is 19.9 Å². The summed E-state index contributed by atoms with van der Waals surface area (Å²) in [6, 6.07) is 16.1. The van der Waals surface area contributed by atoms with E-state index >= 15 is 0 Å². The summed E-state index contributed by atoms with van der Waals surface area (Å²) in [4.78, 5) is 31.3. The minimum Gasteiger partial charge on any atom is -0.463 e. The highest BCUT2D eigenvalue weighted by Crippen LogP contribution is 2.31. The lowest BCUT2D eigenvalue weighted by atomic mass is 9.96. The summed E-state index contributed by atoms with van der Waals surface area (Å²) in [7, 11) is 0. The topological polar surface area (TPSA) is 60.7 Å². The molecule has 7 heteroatoms. The lowest BCUT2D eigenvalue weighted by Crippen LogP contribution is -2.39. The van der Waals surface area contributed by atoms with Crippen LogP contribution >= 0.6 is 22.9 Å². The quantitative estimate of drug-likeness (QED) is 0.586. The Morgan fingerprint density at radius 3 is 2.57 bits per heavy atom. The van der Waals surface area contributed by atoms with Crippen molar-refractivity contribution in [2.75, 3.05) is 6.61 Å². The monoisotopic (exact) mass is 438 g/mol. The first-order valence-corrected chi connectivity index (χ1v) is 10.7. The van der Waals surface area contributed by atoms with Crippen molar-refractivity contribution in [1.29, 1.82) is 0 Å². The third-order valence-corrected chi connectivity index (χ3v) is 6.04. The van der Waals surface area contributed by atoms with E-state index in [2.05, 4.69) is 4.99 Å². The van der Waals surface area contributed by atoms with Gasteiger partial charge >= 0.3 is 5.97 Å². The molecule has 2 aromatic carbocycles. The molecular weight excluding hydrogens is 420 g/mol. The maximum absolute atomic E-state index is 13.4. The van der Waals surface area contributed by atoms with E-state index in [1.54, 1.807) is 30.5 Å². The summed E-state index contributed by atoms with van der Waals surface area (Å²) < 4.78 is 7.41. The van der Waals surface area contributed by atoms with Crippen LogP contribution in [0.3, 0.4) is 0 Å². The fourth-order valence-electron chi connectivity index (χ4n) is 3.45. The summed E-state index contributed by atoms with van der Waals surface area (Å²) >= 11 is 7.37. The van der Waals surface area contributed by atoms with E-state index in [1.165, 1.54) is 11.3 Å². The molecule has 0 amide bonds. The number of allylic oxidation sites excluding steroid dienone is 1. The number of nitrogens with zero attached hydrogens (tertiary/aromatic N) is 2. The molecule has 0 saturated carbocycles. The van der Waals surface area contributed by atoms with Gasteiger partial charge in [0.05, 0.1) is 28.5 Å². The lowest BCUT2D eigenvalue weighted by Gasteiger charge is -2.24. The Kier molecular flexibility index (Phi) is 5.70. The van der Waals surface area contributed by atoms with Gasteiger partial charge in [0.15, 0.2) is 4.80 Å². The predicted octanol–water partition coefficient (Wildman–Crippen LogP) is 3.45. The van der Waals surface area contributed by atoms with Crippen LogP contribution in [-0.4, -0.2) is 17.1 Å². The molecule has 1 unspecified atom stereocenters. The highest BCUT2D eigenvalue weighted by atomic mass is 35.5. The number of esters is 1. The zero-order valence-electron chi connectivity index (χ0n) is 16.5. The number of benzene rings is 2. The summed E-state index contributed by atoms with van der Waals surface area (Å²) in [5.41, 5.74) is 2.40. The van der Waals surface area contributed by atoms with E-state index in [-0.39, 0.29) is 12.2 Å². The number of aromatic nitrogens is 1. The van der Waals surface area contributed by atoms with E-state index < -0.39 is 12.0 Å². The average molecular weight is 439 g/mol. The number of hydrogen-bond acceptors (Lipinski definition) is 5. The summed E-state index contributed by atoms with van der Waals surface area (Å²) in [6.45, 7) is 3.75. The molecule has 5 nitrogen and oxygen atoms in total. The number of hydrogen-bond donors (Lipinski definition) is 0. The molecule has 0 fully saturated rings. The van der Waals surface area contributed by atoms with Crippen LogP contribution in [0.1, 0.15) is 31.0 Å². The van der Waals surface area contributed by atoms with E-state index in [0.29, 0.717) is 25.6 Å². The molecule has 1 atom stereocenters. The van der Waals surface area contributed by atoms with E-state index in [4.69, 9.17) is 16.3 Å². The molecule has 2 heterocycles. The Balaban J connectivity index is 1.96. The van der Waals surface area contributed by atoms with E-state index in [1.807, 2.05) is 48.5 Å². The Morgan fingerprint density at radius 1 is 1.20 bits per heavy atom. The average Bonchev–Trinajstić information content (AvgIpc) is 3.03. The number of carbonyl (C=O) groups excluding carboxylic acids is 1. The molecule has 1 aliphatic rings. The lowest BCUT2D eigenvalue weighted by molar-refractivity contribution is -0.139. The highest BCUT2D eigenvalue weighted by molar-refractivity contribution is 7.07. The van der Waals surface area contributed by atoms with Crippen LogP contribution in [0.2, 0.25) is 5.02 Å². The van der Waals surface area contributed by atoms with Crippen LogP contribution in [0.15, 0.2) is 75.7 Å². The molecule has 1 aliphatic heterocycles. The van der Waals surface area contributed by atoms with Crippen molar-refractivity contribution in [3.8, 4) is 0 Å². The van der Waals surface area contributed by atoms with Gasteiger partial charge in [0, 0.05) is 5.02 Å². The van der Waals surface area contributed by atoms with Gasteiger partial charge in [-0.3, -0.25) is 9.36 Å². The molecule has 0 bridgehead atoms. The largest absolute Gasteiger partial charge is 0.463 e. The molecule has 1 aromatic heterocycles. The zero-order chi connectivity index (χ0) is 21.3. The van der Waals surface area contributed by atoms with Crippen molar-refractivity contribution in [3.05, 3.63) is 102 Å². The van der Waals surface area contributed by atoms with Gasteiger partial charge in [-0.2, -0.15) is 0 Å². The predicted molar refractivity (Wildman–Crippen MR) is 118 cm³/mol. The third-order valence-electron chi connectivity index (χ3n) is 4.80. The smallest absolute Gasteiger partial charge is 0.338 e. The van der Waals surface area contributed by atoms with Gasteiger partial charge in [0.2, 0.25) is 0 Å². The minimum absolute atomic E-state index is 0.197. The molecule has 152 valence electrons. The van der Waals surface area contributed by atoms with Crippen molar-refractivity contribution < 1.29 is 9.53 Å². The van der Waals surface area contributed by atoms with Gasteiger partial charge in [0.1, 0.15) is 0 Å². The van der Waals surface area contributed by atoms with Gasteiger partial charge < -0.3 is 4.74 Å². The van der Waals surface area contributed by atoms with Crippen LogP contribution in [0.25, 0.3) is 6.08 Å². The zero-order valence-corrected chi connectivity index (χ0v) is 18.0. The number of carbonyl (C=O) groups is 1. The highest BCUT2D eigenvalue weighted by Gasteiger charge is 2.33. The van der Waals surface area contributed by atoms with Gasteiger partial charge in [-0.05, 0) is 43.2 Å². The first kappa shape index (κ1) is 20.3. The Hall–Kier alpha value is -2.96. The maximum atomic E-state index is 13.4. The molecule has 0 saturated heterocycles. The van der Waals surface area contributed by atoms with Gasteiger partial charge in [0.25, 0.3) is 5.56 Å². The molecule has 30 heavy (non-hydrogen) atoms. The van der Waals surface area contributed by atoms with Crippen LogP contribution in [0.5, 0.6) is 0 Å². The third kappa shape index (κ3) is 3.76. The molecular formula is C23H19ClN2O3S. The number of thiazole rings is 1. The van der Waals surface area contributed by atoms with Crippen LogP contribution in [0, 0.1) is 0 Å². The van der Waals surface area contributed by atoms with Crippen LogP contribution in [0.4, 0.5) is 0 Å². The molecule has 0 spiro atoms. The normalized spacial score (nSPS) is 16.2. The first-order valence-electron chi connectivity index (χ1n) is 9.49. The van der Waals surface area contributed by atoms with Gasteiger partial charge in [-0.25, -0.2) is 9.79 Å². The second kappa shape index (κ2) is 8.42. The SMILES string of the molecule is CCOC(=O)C1=C(C)N=c2s/c(=C/c3ccccc3)c(=O)n2C1c1ccc(Cl)cc1. The van der Waals surface area contributed by atoms with Crippen molar-refractivity contribution in [1.82, 2.24) is 4.57 Å². The van der Waals surface area contributed by atoms with Gasteiger partial charge in [-0.1, -0.05) is 65.4 Å².